The highest BCUT2D eigenvalue weighted by Gasteiger charge is 2.18. The van der Waals surface area contributed by atoms with Crippen molar-refractivity contribution in [3.8, 4) is 0 Å². The van der Waals surface area contributed by atoms with Gasteiger partial charge >= 0.3 is 0 Å². The Balaban J connectivity index is 2.18. The van der Waals surface area contributed by atoms with Crippen LogP contribution in [0.1, 0.15) is 0 Å². The molecule has 66 valence electrons. The Labute approximate surface area is 67.1 Å². The largest absolute Gasteiger partial charge is 0.383 e. The van der Waals surface area contributed by atoms with Gasteiger partial charge in [-0.3, -0.25) is 4.90 Å². The van der Waals surface area contributed by atoms with Gasteiger partial charge in [0.05, 0.1) is 6.61 Å². The van der Waals surface area contributed by atoms with Gasteiger partial charge in [-0.15, -0.1) is 0 Å². The van der Waals surface area contributed by atoms with Crippen LogP contribution in [0.15, 0.2) is 0 Å². The molecule has 1 atom stereocenters. The molecular formula is C7H16N2O2. The van der Waals surface area contributed by atoms with Crippen LogP contribution in [0.5, 0.6) is 0 Å². The molecule has 0 amide bonds. The fourth-order valence-electron chi connectivity index (χ4n) is 1.20. The lowest BCUT2D eigenvalue weighted by atomic mass is 10.3. The first-order valence-electron chi connectivity index (χ1n) is 3.96. The van der Waals surface area contributed by atoms with Gasteiger partial charge in [-0.2, -0.15) is 0 Å². The molecule has 1 aliphatic heterocycles. The third-order valence-corrected chi connectivity index (χ3v) is 1.91. The average molecular weight is 160 g/mol. The molecule has 1 fully saturated rings. The monoisotopic (exact) mass is 160 g/mol. The van der Waals surface area contributed by atoms with Crippen LogP contribution < -0.4 is 5.32 Å². The van der Waals surface area contributed by atoms with Crippen LogP contribution in [-0.4, -0.2) is 56.1 Å². The van der Waals surface area contributed by atoms with Crippen molar-refractivity contribution in [2.75, 3.05) is 39.9 Å². The van der Waals surface area contributed by atoms with E-state index in [1.165, 1.54) is 0 Å². The number of ether oxygens (including phenoxy) is 1. The van der Waals surface area contributed by atoms with Crippen LogP contribution in [0.3, 0.4) is 0 Å². The Morgan fingerprint density at radius 1 is 1.73 bits per heavy atom. The lowest BCUT2D eigenvalue weighted by Crippen LogP contribution is -2.51. The van der Waals surface area contributed by atoms with Gasteiger partial charge in [0.15, 0.2) is 0 Å². The molecule has 1 heterocycles. The van der Waals surface area contributed by atoms with Crippen molar-refractivity contribution >= 4 is 0 Å². The molecule has 0 aromatic carbocycles. The van der Waals surface area contributed by atoms with E-state index in [-0.39, 0.29) is 6.23 Å². The second kappa shape index (κ2) is 4.66. The number of methoxy groups -OCH3 is 1. The fourth-order valence-corrected chi connectivity index (χ4v) is 1.20. The summed E-state index contributed by atoms with van der Waals surface area (Å²) >= 11 is 0. The number of aliphatic hydroxyl groups excluding tert-OH is 1. The highest BCUT2D eigenvalue weighted by Crippen LogP contribution is 1.98. The summed E-state index contributed by atoms with van der Waals surface area (Å²) in [7, 11) is 1.68. The molecule has 0 radical (unpaired) electrons. The summed E-state index contributed by atoms with van der Waals surface area (Å²) in [6, 6.07) is 0. The summed E-state index contributed by atoms with van der Waals surface area (Å²) in [5.74, 6) is 0. The van der Waals surface area contributed by atoms with Gasteiger partial charge in [0.25, 0.3) is 0 Å². The van der Waals surface area contributed by atoms with E-state index in [1.54, 1.807) is 7.11 Å². The number of hydrogen-bond acceptors (Lipinski definition) is 4. The van der Waals surface area contributed by atoms with E-state index < -0.39 is 0 Å². The smallest absolute Gasteiger partial charge is 0.120 e. The highest BCUT2D eigenvalue weighted by molar-refractivity contribution is 4.70. The Bertz CT molecular complexity index is 111. The number of β-amino-alcohol motifs (C(OH)–C–C–N with tert-alkyl or cyclic N) is 1. The molecule has 0 spiro atoms. The topological polar surface area (TPSA) is 44.7 Å². The Morgan fingerprint density at radius 2 is 2.55 bits per heavy atom. The van der Waals surface area contributed by atoms with Crippen LogP contribution in [-0.2, 0) is 4.74 Å². The first-order valence-corrected chi connectivity index (χ1v) is 3.96. The van der Waals surface area contributed by atoms with Crippen molar-refractivity contribution in [2.24, 2.45) is 0 Å². The van der Waals surface area contributed by atoms with Crippen LogP contribution in [0, 0.1) is 0 Å². The van der Waals surface area contributed by atoms with Gasteiger partial charge in [0.2, 0.25) is 0 Å². The first-order chi connectivity index (χ1) is 5.34. The standard InChI is InChI=1S/C7H16N2O2/c1-11-5-4-9-3-2-8-6-7(9)10/h7-8,10H,2-6H2,1H3. The number of rotatable bonds is 3. The maximum absolute atomic E-state index is 9.40. The summed E-state index contributed by atoms with van der Waals surface area (Å²) in [5, 5.41) is 12.5. The van der Waals surface area contributed by atoms with Crippen molar-refractivity contribution < 1.29 is 9.84 Å². The van der Waals surface area contributed by atoms with Gasteiger partial charge in [0.1, 0.15) is 6.23 Å². The van der Waals surface area contributed by atoms with Gasteiger partial charge in [-0.1, -0.05) is 0 Å². The van der Waals surface area contributed by atoms with E-state index in [9.17, 15) is 5.11 Å². The maximum atomic E-state index is 9.40. The minimum absolute atomic E-state index is 0.334. The zero-order valence-corrected chi connectivity index (χ0v) is 6.92. The SMILES string of the molecule is COCCN1CCNCC1O. The van der Waals surface area contributed by atoms with Gasteiger partial charge in [-0.25, -0.2) is 0 Å². The second-order valence-electron chi connectivity index (χ2n) is 2.71. The molecule has 0 aliphatic carbocycles. The summed E-state index contributed by atoms with van der Waals surface area (Å²) < 4.78 is 4.92. The third-order valence-electron chi connectivity index (χ3n) is 1.91. The van der Waals surface area contributed by atoms with E-state index in [2.05, 4.69) is 5.32 Å². The van der Waals surface area contributed by atoms with Gasteiger partial charge in [0, 0.05) is 33.3 Å². The predicted octanol–water partition coefficient (Wildman–Crippen LogP) is -1.14. The molecule has 4 heteroatoms. The molecule has 1 saturated heterocycles. The molecule has 1 unspecified atom stereocenters. The molecular weight excluding hydrogens is 144 g/mol. The molecule has 0 bridgehead atoms. The number of nitrogens with zero attached hydrogens (tertiary/aromatic N) is 1. The molecule has 2 N–H and O–H groups in total. The number of aliphatic hydroxyl groups is 1. The molecule has 11 heavy (non-hydrogen) atoms. The van der Waals surface area contributed by atoms with Crippen molar-refractivity contribution in [3.63, 3.8) is 0 Å². The average Bonchev–Trinajstić information content (AvgIpc) is 2.03. The molecule has 0 aromatic heterocycles. The minimum Gasteiger partial charge on any atom is -0.383 e. The Morgan fingerprint density at radius 3 is 3.18 bits per heavy atom. The lowest BCUT2D eigenvalue weighted by molar-refractivity contribution is -0.0240. The summed E-state index contributed by atoms with van der Waals surface area (Å²) in [6.45, 7) is 4.05. The molecule has 1 aliphatic rings. The van der Waals surface area contributed by atoms with E-state index in [0.717, 1.165) is 19.6 Å². The maximum Gasteiger partial charge on any atom is 0.120 e. The lowest BCUT2D eigenvalue weighted by Gasteiger charge is -2.32. The zero-order chi connectivity index (χ0) is 8.10. The van der Waals surface area contributed by atoms with Crippen molar-refractivity contribution in [3.05, 3.63) is 0 Å². The van der Waals surface area contributed by atoms with E-state index >= 15 is 0 Å². The molecule has 0 saturated carbocycles. The fraction of sp³-hybridized carbons (Fsp3) is 1.00. The van der Waals surface area contributed by atoms with E-state index in [0.29, 0.717) is 13.2 Å². The third kappa shape index (κ3) is 2.75. The van der Waals surface area contributed by atoms with Crippen molar-refractivity contribution in [2.45, 2.75) is 6.23 Å². The van der Waals surface area contributed by atoms with Gasteiger partial charge < -0.3 is 15.2 Å². The van der Waals surface area contributed by atoms with E-state index in [1.807, 2.05) is 4.90 Å². The number of hydrogen-bond donors (Lipinski definition) is 2. The Kier molecular flexibility index (Phi) is 3.79. The van der Waals surface area contributed by atoms with Crippen molar-refractivity contribution in [1.82, 2.24) is 10.2 Å². The van der Waals surface area contributed by atoms with Crippen LogP contribution in [0.2, 0.25) is 0 Å². The minimum atomic E-state index is -0.334. The predicted molar refractivity (Wildman–Crippen MR) is 42.3 cm³/mol. The quantitative estimate of drug-likeness (QED) is 0.547. The number of piperazine rings is 1. The van der Waals surface area contributed by atoms with Gasteiger partial charge in [-0.05, 0) is 0 Å². The summed E-state index contributed by atoms with van der Waals surface area (Å²) in [6.07, 6.45) is -0.334. The van der Waals surface area contributed by atoms with Crippen LogP contribution in [0.25, 0.3) is 0 Å². The Hall–Kier alpha value is -0.160. The van der Waals surface area contributed by atoms with E-state index in [4.69, 9.17) is 4.74 Å². The zero-order valence-electron chi connectivity index (χ0n) is 6.92. The molecule has 0 aromatic rings. The summed E-state index contributed by atoms with van der Waals surface area (Å²) in [5.41, 5.74) is 0. The second-order valence-corrected chi connectivity index (χ2v) is 2.71. The number of nitrogens with one attached hydrogen (secondary N) is 1. The first kappa shape index (κ1) is 8.93. The molecule has 1 rings (SSSR count). The summed E-state index contributed by atoms with van der Waals surface area (Å²) in [4.78, 5) is 2.01. The van der Waals surface area contributed by atoms with Crippen LogP contribution in [0.4, 0.5) is 0 Å². The van der Waals surface area contributed by atoms with Crippen LogP contribution >= 0.6 is 0 Å². The van der Waals surface area contributed by atoms with Crippen molar-refractivity contribution in [1.29, 1.82) is 0 Å². The molecule has 4 nitrogen and oxygen atoms in total. The normalized spacial score (nSPS) is 27.3. The highest BCUT2D eigenvalue weighted by atomic mass is 16.5.